The van der Waals surface area contributed by atoms with E-state index in [1.165, 1.54) is 0 Å². The Morgan fingerprint density at radius 1 is 1.40 bits per heavy atom. The Kier molecular flexibility index (Phi) is 4.15. The molecule has 0 aromatic heterocycles. The number of hydrogen-bond donors (Lipinski definition) is 0. The van der Waals surface area contributed by atoms with Gasteiger partial charge in [-0.05, 0) is 26.0 Å². The Labute approximate surface area is 95.8 Å². The summed E-state index contributed by atoms with van der Waals surface area (Å²) in [5.41, 5.74) is 1.86. The van der Waals surface area contributed by atoms with Gasteiger partial charge in [0.2, 0.25) is 0 Å². The van der Waals surface area contributed by atoms with Gasteiger partial charge in [-0.2, -0.15) is 0 Å². The van der Waals surface area contributed by atoms with E-state index in [0.29, 0.717) is 12.1 Å². The number of alkyl halides is 1. The molecule has 1 rings (SSSR count). The van der Waals surface area contributed by atoms with Crippen LogP contribution in [-0.2, 0) is 0 Å². The summed E-state index contributed by atoms with van der Waals surface area (Å²) in [4.78, 5) is 13.5. The van der Waals surface area contributed by atoms with Gasteiger partial charge in [0.15, 0.2) is 0 Å². The Balaban J connectivity index is 2.72. The van der Waals surface area contributed by atoms with Crippen molar-refractivity contribution in [3.05, 3.63) is 35.4 Å². The van der Waals surface area contributed by atoms with Crippen molar-refractivity contribution in [2.75, 3.05) is 13.6 Å². The van der Waals surface area contributed by atoms with Crippen LogP contribution in [0.4, 0.5) is 0 Å². The van der Waals surface area contributed by atoms with E-state index in [2.05, 4.69) is 0 Å². The zero-order valence-electron chi connectivity index (χ0n) is 9.33. The molecule has 1 aromatic rings. The van der Waals surface area contributed by atoms with Crippen LogP contribution in [-0.4, -0.2) is 29.8 Å². The standard InChI is InChI=1S/C12H16ClNO/c1-9-4-6-11(7-5-9)12(15)14(3)8-10(2)13/h4-7,10H,8H2,1-3H3. The number of benzene rings is 1. The van der Waals surface area contributed by atoms with E-state index in [9.17, 15) is 4.79 Å². The van der Waals surface area contributed by atoms with Crippen LogP contribution >= 0.6 is 11.6 Å². The van der Waals surface area contributed by atoms with E-state index >= 15 is 0 Å². The number of amides is 1. The van der Waals surface area contributed by atoms with Crippen molar-refractivity contribution in [2.45, 2.75) is 19.2 Å². The maximum absolute atomic E-state index is 11.9. The first kappa shape index (κ1) is 12.1. The lowest BCUT2D eigenvalue weighted by atomic mass is 10.1. The molecule has 0 aliphatic rings. The fraction of sp³-hybridized carbons (Fsp3) is 0.417. The molecule has 0 saturated heterocycles. The average molecular weight is 226 g/mol. The molecule has 0 aliphatic heterocycles. The van der Waals surface area contributed by atoms with Crippen molar-refractivity contribution in [3.63, 3.8) is 0 Å². The number of hydrogen-bond acceptors (Lipinski definition) is 1. The Hall–Kier alpha value is -1.02. The lowest BCUT2D eigenvalue weighted by Crippen LogP contribution is -2.31. The first-order valence-corrected chi connectivity index (χ1v) is 5.40. The smallest absolute Gasteiger partial charge is 0.253 e. The number of halogens is 1. The van der Waals surface area contributed by atoms with Crippen LogP contribution in [0.5, 0.6) is 0 Å². The number of rotatable bonds is 3. The van der Waals surface area contributed by atoms with Gasteiger partial charge in [-0.15, -0.1) is 11.6 Å². The minimum absolute atomic E-state index is 0.0162. The number of carbonyl (C=O) groups is 1. The fourth-order valence-corrected chi connectivity index (χ4v) is 1.58. The molecular weight excluding hydrogens is 210 g/mol. The van der Waals surface area contributed by atoms with Crippen LogP contribution in [0, 0.1) is 6.92 Å². The minimum atomic E-state index is -0.0237. The van der Waals surface area contributed by atoms with Crippen LogP contribution in [0.25, 0.3) is 0 Å². The fourth-order valence-electron chi connectivity index (χ4n) is 1.38. The molecule has 0 bridgehead atoms. The molecule has 0 spiro atoms. The molecule has 1 unspecified atom stereocenters. The molecule has 2 nitrogen and oxygen atoms in total. The molecule has 1 amide bonds. The molecule has 0 aliphatic carbocycles. The van der Waals surface area contributed by atoms with E-state index in [0.717, 1.165) is 5.56 Å². The van der Waals surface area contributed by atoms with Crippen LogP contribution in [0.2, 0.25) is 0 Å². The van der Waals surface area contributed by atoms with E-state index < -0.39 is 0 Å². The zero-order valence-corrected chi connectivity index (χ0v) is 10.1. The van der Waals surface area contributed by atoms with Gasteiger partial charge < -0.3 is 4.90 Å². The molecule has 0 radical (unpaired) electrons. The highest BCUT2D eigenvalue weighted by Crippen LogP contribution is 2.07. The van der Waals surface area contributed by atoms with Gasteiger partial charge in [0.05, 0.1) is 0 Å². The highest BCUT2D eigenvalue weighted by molar-refractivity contribution is 6.20. The molecule has 3 heteroatoms. The molecule has 82 valence electrons. The summed E-state index contributed by atoms with van der Waals surface area (Å²) in [6.07, 6.45) is 0. The predicted molar refractivity (Wildman–Crippen MR) is 63.5 cm³/mol. The Bertz CT molecular complexity index is 332. The van der Waals surface area contributed by atoms with Gasteiger partial charge in [0.1, 0.15) is 0 Å². The topological polar surface area (TPSA) is 20.3 Å². The highest BCUT2D eigenvalue weighted by atomic mass is 35.5. The van der Waals surface area contributed by atoms with Crippen molar-refractivity contribution < 1.29 is 4.79 Å². The highest BCUT2D eigenvalue weighted by Gasteiger charge is 2.12. The van der Waals surface area contributed by atoms with Crippen molar-refractivity contribution in [1.82, 2.24) is 4.90 Å². The molecule has 0 saturated carbocycles. The van der Waals surface area contributed by atoms with Crippen LogP contribution in [0.3, 0.4) is 0 Å². The third-order valence-corrected chi connectivity index (χ3v) is 2.31. The van der Waals surface area contributed by atoms with Crippen molar-refractivity contribution in [1.29, 1.82) is 0 Å². The molecule has 1 atom stereocenters. The lowest BCUT2D eigenvalue weighted by molar-refractivity contribution is 0.0796. The lowest BCUT2D eigenvalue weighted by Gasteiger charge is -2.18. The summed E-state index contributed by atoms with van der Waals surface area (Å²) in [6.45, 7) is 4.44. The zero-order chi connectivity index (χ0) is 11.4. The number of aryl methyl sites for hydroxylation is 1. The van der Waals surface area contributed by atoms with Gasteiger partial charge >= 0.3 is 0 Å². The van der Waals surface area contributed by atoms with Crippen molar-refractivity contribution in [3.8, 4) is 0 Å². The molecular formula is C12H16ClNO. The number of carbonyl (C=O) groups excluding carboxylic acids is 1. The summed E-state index contributed by atoms with van der Waals surface area (Å²) in [5.74, 6) is 0.0162. The predicted octanol–water partition coefficient (Wildman–Crippen LogP) is 2.69. The van der Waals surface area contributed by atoms with Gasteiger partial charge in [-0.25, -0.2) is 0 Å². The van der Waals surface area contributed by atoms with Crippen molar-refractivity contribution in [2.24, 2.45) is 0 Å². The van der Waals surface area contributed by atoms with Crippen LogP contribution in [0.15, 0.2) is 24.3 Å². The largest absolute Gasteiger partial charge is 0.340 e. The maximum atomic E-state index is 11.9. The molecule has 1 aromatic carbocycles. The number of nitrogens with zero attached hydrogens (tertiary/aromatic N) is 1. The Morgan fingerprint density at radius 3 is 2.40 bits per heavy atom. The normalized spacial score (nSPS) is 12.3. The van der Waals surface area contributed by atoms with Gasteiger partial charge in [-0.1, -0.05) is 17.7 Å². The van der Waals surface area contributed by atoms with E-state index in [4.69, 9.17) is 11.6 Å². The monoisotopic (exact) mass is 225 g/mol. The second-order valence-electron chi connectivity index (χ2n) is 3.83. The minimum Gasteiger partial charge on any atom is -0.340 e. The molecule has 0 fully saturated rings. The second kappa shape index (κ2) is 5.17. The van der Waals surface area contributed by atoms with Gasteiger partial charge in [-0.3, -0.25) is 4.79 Å². The second-order valence-corrected chi connectivity index (χ2v) is 4.58. The Morgan fingerprint density at radius 2 is 1.93 bits per heavy atom. The van der Waals surface area contributed by atoms with Crippen LogP contribution < -0.4 is 0 Å². The summed E-state index contributed by atoms with van der Waals surface area (Å²) >= 11 is 5.84. The van der Waals surface area contributed by atoms with Gasteiger partial charge in [0, 0.05) is 24.5 Å². The van der Waals surface area contributed by atoms with E-state index in [-0.39, 0.29) is 11.3 Å². The quantitative estimate of drug-likeness (QED) is 0.725. The third kappa shape index (κ3) is 3.56. The first-order chi connectivity index (χ1) is 7.00. The first-order valence-electron chi connectivity index (χ1n) is 4.97. The van der Waals surface area contributed by atoms with E-state index in [1.807, 2.05) is 38.1 Å². The third-order valence-electron chi connectivity index (χ3n) is 2.17. The molecule has 0 heterocycles. The maximum Gasteiger partial charge on any atom is 0.253 e. The summed E-state index contributed by atoms with van der Waals surface area (Å²) < 4.78 is 0. The molecule has 15 heavy (non-hydrogen) atoms. The van der Waals surface area contributed by atoms with Crippen LogP contribution in [0.1, 0.15) is 22.8 Å². The SMILES string of the molecule is Cc1ccc(C(=O)N(C)CC(C)Cl)cc1. The summed E-state index contributed by atoms with van der Waals surface area (Å²) in [6, 6.07) is 7.55. The summed E-state index contributed by atoms with van der Waals surface area (Å²) in [7, 11) is 1.76. The van der Waals surface area contributed by atoms with E-state index in [1.54, 1.807) is 11.9 Å². The van der Waals surface area contributed by atoms with Gasteiger partial charge in [0.25, 0.3) is 5.91 Å². The van der Waals surface area contributed by atoms with Crippen molar-refractivity contribution >= 4 is 17.5 Å². The summed E-state index contributed by atoms with van der Waals surface area (Å²) in [5, 5.41) is -0.0237. The molecule has 0 N–H and O–H groups in total. The average Bonchev–Trinajstić information content (AvgIpc) is 2.17.